The minimum Gasteiger partial charge on any atom is -0.508 e. The van der Waals surface area contributed by atoms with Crippen molar-refractivity contribution in [2.45, 2.75) is 25.6 Å². The first-order valence-corrected chi connectivity index (χ1v) is 5.74. The highest BCUT2D eigenvalue weighted by atomic mass is 16.5. The number of phenols is 1. The van der Waals surface area contributed by atoms with E-state index in [1.165, 1.54) is 18.2 Å². The van der Waals surface area contributed by atoms with Gasteiger partial charge >= 0.3 is 5.97 Å². The molecule has 0 saturated carbocycles. The number of nitriles is 1. The molecule has 0 aliphatic carbocycles. The first-order chi connectivity index (χ1) is 8.99. The quantitative estimate of drug-likeness (QED) is 0.673. The molecule has 0 fully saturated rings. The average Bonchev–Trinajstić information content (AvgIpc) is 2.38. The topological polar surface area (TPSA) is 111 Å². The number of benzene rings is 1. The molecule has 19 heavy (non-hydrogen) atoms. The van der Waals surface area contributed by atoms with E-state index in [2.05, 4.69) is 4.74 Å². The molecule has 1 rings (SSSR count). The lowest BCUT2D eigenvalue weighted by Gasteiger charge is -2.18. The Morgan fingerprint density at radius 1 is 1.47 bits per heavy atom. The summed E-state index contributed by atoms with van der Waals surface area (Å²) >= 11 is 0. The molecule has 102 valence electrons. The Morgan fingerprint density at radius 2 is 2.16 bits per heavy atom. The van der Waals surface area contributed by atoms with Crippen LogP contribution in [0.1, 0.15) is 30.6 Å². The van der Waals surface area contributed by atoms with Crippen LogP contribution in [0.3, 0.4) is 0 Å². The van der Waals surface area contributed by atoms with E-state index in [-0.39, 0.29) is 23.5 Å². The standard InChI is InChI=1S/C13H15NO5/c1-2-19-12(17)6-11(16)13(18)9-5-8(7-14)3-4-10(9)15/h3-5,11,13,15-16,18H,2,6H2,1H3. The summed E-state index contributed by atoms with van der Waals surface area (Å²) in [4.78, 5) is 11.2. The summed E-state index contributed by atoms with van der Waals surface area (Å²) in [6, 6.07) is 5.73. The van der Waals surface area contributed by atoms with Crippen LogP contribution in [0.5, 0.6) is 5.75 Å². The normalized spacial score (nSPS) is 13.4. The van der Waals surface area contributed by atoms with Crippen LogP contribution in [-0.2, 0) is 9.53 Å². The summed E-state index contributed by atoms with van der Waals surface area (Å²) in [7, 11) is 0. The Balaban J connectivity index is 2.84. The maximum Gasteiger partial charge on any atom is 0.308 e. The third kappa shape index (κ3) is 3.95. The Bertz CT molecular complexity index is 494. The molecule has 0 saturated heterocycles. The number of phenolic OH excluding ortho intramolecular Hbond substituents is 1. The number of nitrogens with zero attached hydrogens (tertiary/aromatic N) is 1. The van der Waals surface area contributed by atoms with Crippen molar-refractivity contribution in [2.75, 3.05) is 6.61 Å². The van der Waals surface area contributed by atoms with Crippen LogP contribution in [0, 0.1) is 11.3 Å². The van der Waals surface area contributed by atoms with Crippen molar-refractivity contribution in [3.05, 3.63) is 29.3 Å². The fourth-order valence-electron chi connectivity index (χ4n) is 1.57. The van der Waals surface area contributed by atoms with Crippen LogP contribution in [0.2, 0.25) is 0 Å². The van der Waals surface area contributed by atoms with Crippen molar-refractivity contribution in [1.82, 2.24) is 0 Å². The van der Waals surface area contributed by atoms with E-state index in [9.17, 15) is 20.1 Å². The van der Waals surface area contributed by atoms with Crippen LogP contribution < -0.4 is 0 Å². The number of aliphatic hydroxyl groups excluding tert-OH is 2. The van der Waals surface area contributed by atoms with Crippen molar-refractivity contribution in [1.29, 1.82) is 5.26 Å². The second-order valence-corrected chi connectivity index (χ2v) is 3.91. The molecule has 0 bridgehead atoms. The van der Waals surface area contributed by atoms with Gasteiger partial charge in [-0.1, -0.05) is 0 Å². The number of hydrogen-bond donors (Lipinski definition) is 3. The summed E-state index contributed by atoms with van der Waals surface area (Å²) < 4.78 is 4.65. The molecule has 2 unspecified atom stereocenters. The SMILES string of the molecule is CCOC(=O)CC(O)C(O)c1cc(C#N)ccc1O. The Morgan fingerprint density at radius 3 is 2.74 bits per heavy atom. The van der Waals surface area contributed by atoms with Gasteiger partial charge in [-0.15, -0.1) is 0 Å². The highest BCUT2D eigenvalue weighted by Gasteiger charge is 2.24. The molecule has 6 nitrogen and oxygen atoms in total. The molecule has 0 amide bonds. The Kier molecular flexibility index (Phi) is 5.30. The summed E-state index contributed by atoms with van der Waals surface area (Å²) in [6.07, 6.45) is -3.29. The van der Waals surface area contributed by atoms with E-state index in [0.717, 1.165) is 0 Å². The number of esters is 1. The molecule has 2 atom stereocenters. The number of aromatic hydroxyl groups is 1. The van der Waals surface area contributed by atoms with Gasteiger partial charge in [-0.05, 0) is 25.1 Å². The van der Waals surface area contributed by atoms with Gasteiger partial charge in [0.1, 0.15) is 11.9 Å². The van der Waals surface area contributed by atoms with Crippen LogP contribution in [-0.4, -0.2) is 34.0 Å². The molecule has 0 radical (unpaired) electrons. The molecule has 0 aliphatic heterocycles. The lowest BCUT2D eigenvalue weighted by Crippen LogP contribution is -2.23. The molecule has 1 aromatic rings. The summed E-state index contributed by atoms with van der Waals surface area (Å²) in [5, 5.41) is 37.9. The summed E-state index contributed by atoms with van der Waals surface area (Å²) in [5.41, 5.74) is 0.228. The van der Waals surface area contributed by atoms with Gasteiger partial charge in [-0.3, -0.25) is 4.79 Å². The average molecular weight is 265 g/mol. The molecular formula is C13H15NO5. The van der Waals surface area contributed by atoms with Crippen molar-refractivity contribution >= 4 is 5.97 Å². The summed E-state index contributed by atoms with van der Waals surface area (Å²) in [5.74, 6) is -0.903. The fourth-order valence-corrected chi connectivity index (χ4v) is 1.57. The smallest absolute Gasteiger partial charge is 0.308 e. The molecule has 6 heteroatoms. The molecule has 0 spiro atoms. The maximum atomic E-state index is 11.2. The van der Waals surface area contributed by atoms with Gasteiger partial charge in [0, 0.05) is 5.56 Å². The van der Waals surface area contributed by atoms with E-state index < -0.39 is 24.6 Å². The minimum absolute atomic E-state index is 0.00384. The number of rotatable bonds is 5. The van der Waals surface area contributed by atoms with Gasteiger partial charge in [0.05, 0.1) is 30.8 Å². The number of carbonyl (C=O) groups excluding carboxylic acids is 1. The predicted molar refractivity (Wildman–Crippen MR) is 65.0 cm³/mol. The number of carbonyl (C=O) groups is 1. The predicted octanol–water partition coefficient (Wildman–Crippen LogP) is 0.611. The van der Waals surface area contributed by atoms with Crippen molar-refractivity contribution < 1.29 is 24.9 Å². The van der Waals surface area contributed by atoms with Gasteiger partial charge in [0.2, 0.25) is 0 Å². The fraction of sp³-hybridized carbons (Fsp3) is 0.385. The molecule has 1 aromatic carbocycles. The first-order valence-electron chi connectivity index (χ1n) is 5.74. The third-order valence-corrected chi connectivity index (χ3v) is 2.52. The molecule has 3 N–H and O–H groups in total. The second kappa shape index (κ2) is 6.73. The monoisotopic (exact) mass is 265 g/mol. The maximum absolute atomic E-state index is 11.2. The van der Waals surface area contributed by atoms with E-state index in [0.29, 0.717) is 0 Å². The Hall–Kier alpha value is -2.10. The highest BCUT2D eigenvalue weighted by Crippen LogP contribution is 2.28. The van der Waals surface area contributed by atoms with Crippen molar-refractivity contribution in [2.24, 2.45) is 0 Å². The molecule has 0 heterocycles. The van der Waals surface area contributed by atoms with Crippen LogP contribution in [0.15, 0.2) is 18.2 Å². The lowest BCUT2D eigenvalue weighted by molar-refractivity contribution is -0.147. The lowest BCUT2D eigenvalue weighted by atomic mass is 9.99. The zero-order valence-electron chi connectivity index (χ0n) is 10.4. The number of aliphatic hydroxyl groups is 2. The number of hydrogen-bond acceptors (Lipinski definition) is 6. The second-order valence-electron chi connectivity index (χ2n) is 3.91. The van der Waals surface area contributed by atoms with Gasteiger partial charge in [0.25, 0.3) is 0 Å². The van der Waals surface area contributed by atoms with E-state index in [4.69, 9.17) is 5.26 Å². The third-order valence-electron chi connectivity index (χ3n) is 2.52. The van der Waals surface area contributed by atoms with E-state index >= 15 is 0 Å². The minimum atomic E-state index is -1.47. The highest BCUT2D eigenvalue weighted by molar-refractivity contribution is 5.70. The van der Waals surface area contributed by atoms with E-state index in [1.54, 1.807) is 6.92 Å². The van der Waals surface area contributed by atoms with Gasteiger partial charge in [-0.2, -0.15) is 5.26 Å². The summed E-state index contributed by atoms with van der Waals surface area (Å²) in [6.45, 7) is 1.81. The van der Waals surface area contributed by atoms with Crippen molar-refractivity contribution in [3.8, 4) is 11.8 Å². The van der Waals surface area contributed by atoms with Gasteiger partial charge in [-0.25, -0.2) is 0 Å². The van der Waals surface area contributed by atoms with Crippen LogP contribution in [0.4, 0.5) is 0 Å². The van der Waals surface area contributed by atoms with Crippen LogP contribution >= 0.6 is 0 Å². The molecule has 0 aliphatic rings. The zero-order chi connectivity index (χ0) is 14.4. The first kappa shape index (κ1) is 15.0. The van der Waals surface area contributed by atoms with Gasteiger partial charge in [0.15, 0.2) is 0 Å². The van der Waals surface area contributed by atoms with Crippen LogP contribution in [0.25, 0.3) is 0 Å². The largest absolute Gasteiger partial charge is 0.508 e. The zero-order valence-corrected chi connectivity index (χ0v) is 10.4. The van der Waals surface area contributed by atoms with Gasteiger partial charge < -0.3 is 20.1 Å². The van der Waals surface area contributed by atoms with Crippen molar-refractivity contribution in [3.63, 3.8) is 0 Å². The molecular weight excluding hydrogens is 250 g/mol. The number of ether oxygens (including phenoxy) is 1. The Labute approximate surface area is 110 Å². The molecule has 0 aromatic heterocycles. The van der Waals surface area contributed by atoms with E-state index in [1.807, 2.05) is 6.07 Å².